The molecule has 0 radical (unpaired) electrons. The van der Waals surface area contributed by atoms with Gasteiger partial charge in [-0.05, 0) is 12.1 Å². The van der Waals surface area contributed by atoms with E-state index in [0.717, 1.165) is 11.3 Å². The van der Waals surface area contributed by atoms with Gasteiger partial charge in [0.2, 0.25) is 0 Å². The highest BCUT2D eigenvalue weighted by molar-refractivity contribution is 8.26. The molecular weight excluding hydrogens is 294 g/mol. The summed E-state index contributed by atoms with van der Waals surface area (Å²) in [5.74, 6) is 0.651. The van der Waals surface area contributed by atoms with Crippen LogP contribution in [0.2, 0.25) is 0 Å². The molecule has 6 heteroatoms. The van der Waals surface area contributed by atoms with Gasteiger partial charge in [0.15, 0.2) is 0 Å². The molecule has 0 bridgehead atoms. The number of thiocarbonyl (C=S) groups is 1. The quantitative estimate of drug-likeness (QED) is 0.617. The number of hydrogen-bond acceptors (Lipinski definition) is 5. The van der Waals surface area contributed by atoms with Gasteiger partial charge in [-0.1, -0.05) is 42.2 Å². The van der Waals surface area contributed by atoms with Crippen LogP contribution in [0.5, 0.6) is 5.75 Å². The zero-order chi connectivity index (χ0) is 14.5. The number of thioether (sulfide) groups is 1. The number of carbonyl (C=O) groups is 1. The molecule has 1 aromatic carbocycles. The Labute approximate surface area is 127 Å². The molecule has 1 saturated heterocycles. The van der Waals surface area contributed by atoms with E-state index in [2.05, 4.69) is 0 Å². The first-order chi connectivity index (χ1) is 9.67. The summed E-state index contributed by atoms with van der Waals surface area (Å²) >= 11 is 6.53. The Hall–Kier alpha value is -1.37. The summed E-state index contributed by atoms with van der Waals surface area (Å²) in [7, 11) is 3.21. The largest absolute Gasteiger partial charge is 0.496 e. The van der Waals surface area contributed by atoms with Crippen molar-refractivity contribution in [3.63, 3.8) is 0 Å². The molecule has 1 amide bonds. The van der Waals surface area contributed by atoms with E-state index in [9.17, 15) is 4.79 Å². The van der Waals surface area contributed by atoms with Crippen molar-refractivity contribution in [1.29, 1.82) is 0 Å². The van der Waals surface area contributed by atoms with Crippen LogP contribution in [-0.2, 0) is 9.53 Å². The maximum atomic E-state index is 12.3. The standard InChI is InChI=1S/C14H15NO3S2/c1-17-8-7-15-13(16)12(20-14(15)19)9-10-5-3-4-6-11(10)18-2/h3-6,9H,7-8H2,1-2H3/b12-9-. The van der Waals surface area contributed by atoms with E-state index in [1.807, 2.05) is 30.3 Å². The Bertz CT molecular complexity index is 557. The molecule has 106 valence electrons. The fraction of sp³-hybridized carbons (Fsp3) is 0.286. The molecule has 2 rings (SSSR count). The lowest BCUT2D eigenvalue weighted by atomic mass is 10.2. The molecule has 20 heavy (non-hydrogen) atoms. The van der Waals surface area contributed by atoms with Gasteiger partial charge in [0.05, 0.1) is 25.2 Å². The van der Waals surface area contributed by atoms with E-state index in [4.69, 9.17) is 21.7 Å². The molecule has 0 aromatic heterocycles. The van der Waals surface area contributed by atoms with Gasteiger partial charge in [-0.15, -0.1) is 0 Å². The van der Waals surface area contributed by atoms with Gasteiger partial charge in [0, 0.05) is 12.7 Å². The second kappa shape index (κ2) is 6.88. The maximum absolute atomic E-state index is 12.3. The van der Waals surface area contributed by atoms with Gasteiger partial charge < -0.3 is 9.47 Å². The highest BCUT2D eigenvalue weighted by Crippen LogP contribution is 2.33. The Balaban J connectivity index is 2.23. The van der Waals surface area contributed by atoms with E-state index in [-0.39, 0.29) is 5.91 Å². The molecule has 1 aliphatic rings. The predicted octanol–water partition coefficient (Wildman–Crippen LogP) is 2.54. The third kappa shape index (κ3) is 3.20. The van der Waals surface area contributed by atoms with Crippen molar-refractivity contribution in [3.8, 4) is 5.75 Å². The Morgan fingerprint density at radius 1 is 1.35 bits per heavy atom. The highest BCUT2D eigenvalue weighted by Gasteiger charge is 2.31. The van der Waals surface area contributed by atoms with E-state index in [1.54, 1.807) is 19.1 Å². The zero-order valence-electron chi connectivity index (χ0n) is 11.3. The summed E-state index contributed by atoms with van der Waals surface area (Å²) in [6, 6.07) is 7.55. The number of amides is 1. The van der Waals surface area contributed by atoms with Crippen LogP contribution in [0.3, 0.4) is 0 Å². The third-order valence-electron chi connectivity index (χ3n) is 2.82. The van der Waals surface area contributed by atoms with Crippen molar-refractivity contribution in [1.82, 2.24) is 4.90 Å². The molecule has 0 N–H and O–H groups in total. The zero-order valence-corrected chi connectivity index (χ0v) is 12.9. The van der Waals surface area contributed by atoms with Gasteiger partial charge in [-0.2, -0.15) is 0 Å². The second-order valence-corrected chi connectivity index (χ2v) is 5.74. The topological polar surface area (TPSA) is 38.8 Å². The smallest absolute Gasteiger partial charge is 0.266 e. The molecule has 0 spiro atoms. The fourth-order valence-electron chi connectivity index (χ4n) is 1.80. The number of carbonyl (C=O) groups excluding carboxylic acids is 1. The molecule has 4 nitrogen and oxygen atoms in total. The Morgan fingerprint density at radius 2 is 2.10 bits per heavy atom. The minimum absolute atomic E-state index is 0.0806. The number of para-hydroxylation sites is 1. The maximum Gasteiger partial charge on any atom is 0.266 e. The van der Waals surface area contributed by atoms with Crippen LogP contribution in [-0.4, -0.2) is 42.5 Å². The second-order valence-electron chi connectivity index (χ2n) is 4.07. The van der Waals surface area contributed by atoms with E-state index >= 15 is 0 Å². The minimum atomic E-state index is -0.0806. The van der Waals surface area contributed by atoms with Crippen LogP contribution >= 0.6 is 24.0 Å². The number of methoxy groups -OCH3 is 2. The van der Waals surface area contributed by atoms with Gasteiger partial charge >= 0.3 is 0 Å². The normalized spacial score (nSPS) is 17.1. The predicted molar refractivity (Wildman–Crippen MR) is 84.7 cm³/mol. The number of benzene rings is 1. The number of rotatable bonds is 5. The molecule has 1 fully saturated rings. The van der Waals surface area contributed by atoms with E-state index in [0.29, 0.717) is 22.4 Å². The minimum Gasteiger partial charge on any atom is -0.496 e. The summed E-state index contributed by atoms with van der Waals surface area (Å²) < 4.78 is 10.8. The lowest BCUT2D eigenvalue weighted by molar-refractivity contribution is -0.122. The number of hydrogen-bond donors (Lipinski definition) is 0. The van der Waals surface area contributed by atoms with Crippen molar-refractivity contribution in [2.75, 3.05) is 27.4 Å². The summed E-state index contributed by atoms with van der Waals surface area (Å²) in [6.07, 6.45) is 1.81. The third-order valence-corrected chi connectivity index (χ3v) is 4.20. The Morgan fingerprint density at radius 3 is 2.80 bits per heavy atom. The van der Waals surface area contributed by atoms with Crippen LogP contribution in [0.1, 0.15) is 5.56 Å². The average Bonchev–Trinajstić information content (AvgIpc) is 2.72. The molecule has 1 heterocycles. The Kier molecular flexibility index (Phi) is 5.17. The van der Waals surface area contributed by atoms with Crippen LogP contribution in [0.15, 0.2) is 29.2 Å². The van der Waals surface area contributed by atoms with Crippen molar-refractivity contribution < 1.29 is 14.3 Å². The summed E-state index contributed by atoms with van der Waals surface area (Å²) in [6.45, 7) is 0.943. The first kappa shape index (κ1) is 15.0. The highest BCUT2D eigenvalue weighted by atomic mass is 32.2. The molecule has 1 aliphatic heterocycles. The van der Waals surface area contributed by atoms with Gasteiger partial charge in [-0.25, -0.2) is 0 Å². The monoisotopic (exact) mass is 309 g/mol. The molecular formula is C14H15NO3S2. The molecule has 0 aliphatic carbocycles. The van der Waals surface area contributed by atoms with E-state index < -0.39 is 0 Å². The SMILES string of the molecule is COCCN1C(=O)/C(=C/c2ccccc2OC)SC1=S. The molecule has 0 saturated carbocycles. The van der Waals surface area contributed by atoms with Crippen LogP contribution in [0.25, 0.3) is 6.08 Å². The summed E-state index contributed by atoms with van der Waals surface area (Å²) in [4.78, 5) is 14.4. The number of nitrogens with zero attached hydrogens (tertiary/aromatic N) is 1. The van der Waals surface area contributed by atoms with E-state index in [1.165, 1.54) is 11.8 Å². The lowest BCUT2D eigenvalue weighted by Crippen LogP contribution is -2.31. The van der Waals surface area contributed by atoms with Crippen molar-refractivity contribution in [2.24, 2.45) is 0 Å². The first-order valence-electron chi connectivity index (χ1n) is 6.04. The summed E-state index contributed by atoms with van der Waals surface area (Å²) in [5.41, 5.74) is 0.863. The molecule has 0 unspecified atom stereocenters. The van der Waals surface area contributed by atoms with Crippen LogP contribution < -0.4 is 4.74 Å². The van der Waals surface area contributed by atoms with Gasteiger partial charge in [0.1, 0.15) is 10.1 Å². The fourth-order valence-corrected chi connectivity index (χ4v) is 3.10. The first-order valence-corrected chi connectivity index (χ1v) is 7.27. The summed E-state index contributed by atoms with van der Waals surface area (Å²) in [5, 5.41) is 0. The van der Waals surface area contributed by atoms with Crippen molar-refractivity contribution >= 4 is 40.3 Å². The van der Waals surface area contributed by atoms with Crippen LogP contribution in [0, 0.1) is 0 Å². The molecule has 1 aromatic rings. The van der Waals surface area contributed by atoms with Crippen LogP contribution in [0.4, 0.5) is 0 Å². The van der Waals surface area contributed by atoms with Crippen molar-refractivity contribution in [3.05, 3.63) is 34.7 Å². The lowest BCUT2D eigenvalue weighted by Gasteiger charge is -2.13. The van der Waals surface area contributed by atoms with Gasteiger partial charge in [0.25, 0.3) is 5.91 Å². The van der Waals surface area contributed by atoms with Crippen molar-refractivity contribution in [2.45, 2.75) is 0 Å². The average molecular weight is 309 g/mol. The number of ether oxygens (including phenoxy) is 2. The molecule has 0 atom stereocenters. The van der Waals surface area contributed by atoms with Gasteiger partial charge in [-0.3, -0.25) is 9.69 Å².